The fourth-order valence-electron chi connectivity index (χ4n) is 2.79. The smallest absolute Gasteiger partial charge is 0.417 e. The SMILES string of the molecule is CCCc1nnsc1C(=O)N1CCCC(c2nnc(C(F)(F)F)o2)C1. The highest BCUT2D eigenvalue weighted by molar-refractivity contribution is 7.08. The van der Waals surface area contributed by atoms with E-state index in [1.54, 1.807) is 4.90 Å². The van der Waals surface area contributed by atoms with E-state index < -0.39 is 18.0 Å². The molecular weight excluding hydrogens is 359 g/mol. The minimum Gasteiger partial charge on any atom is -0.417 e. The number of hydrogen-bond donors (Lipinski definition) is 0. The third kappa shape index (κ3) is 3.80. The summed E-state index contributed by atoms with van der Waals surface area (Å²) in [5, 5.41) is 10.6. The van der Waals surface area contributed by atoms with Gasteiger partial charge in [-0.2, -0.15) is 13.2 Å². The number of aromatic nitrogens is 4. The van der Waals surface area contributed by atoms with E-state index in [0.717, 1.165) is 18.0 Å². The third-order valence-electron chi connectivity index (χ3n) is 3.98. The zero-order valence-electron chi connectivity index (χ0n) is 13.4. The third-order valence-corrected chi connectivity index (χ3v) is 4.73. The Balaban J connectivity index is 1.73. The van der Waals surface area contributed by atoms with Gasteiger partial charge in [-0.05, 0) is 30.8 Å². The van der Waals surface area contributed by atoms with Crippen LogP contribution in [-0.4, -0.2) is 43.7 Å². The molecule has 0 radical (unpaired) electrons. The lowest BCUT2D eigenvalue weighted by atomic mass is 9.98. The largest absolute Gasteiger partial charge is 0.470 e. The first-order valence-corrected chi connectivity index (χ1v) is 8.68. The summed E-state index contributed by atoms with van der Waals surface area (Å²) in [7, 11) is 0. The first-order chi connectivity index (χ1) is 11.9. The first-order valence-electron chi connectivity index (χ1n) is 7.91. The zero-order valence-corrected chi connectivity index (χ0v) is 14.2. The van der Waals surface area contributed by atoms with Crippen molar-refractivity contribution in [3.05, 3.63) is 22.4 Å². The van der Waals surface area contributed by atoms with E-state index in [4.69, 9.17) is 4.42 Å². The fraction of sp³-hybridized carbons (Fsp3) is 0.643. The fourth-order valence-corrected chi connectivity index (χ4v) is 3.47. The van der Waals surface area contributed by atoms with Gasteiger partial charge in [-0.15, -0.1) is 15.3 Å². The molecule has 2 aromatic rings. The van der Waals surface area contributed by atoms with Crippen LogP contribution in [0.15, 0.2) is 4.42 Å². The maximum atomic E-state index is 12.7. The Morgan fingerprint density at radius 2 is 2.16 bits per heavy atom. The summed E-state index contributed by atoms with van der Waals surface area (Å²) >= 11 is 1.04. The first kappa shape index (κ1) is 17.8. The average Bonchev–Trinajstić information content (AvgIpc) is 3.24. The van der Waals surface area contributed by atoms with Crippen LogP contribution < -0.4 is 0 Å². The summed E-state index contributed by atoms with van der Waals surface area (Å²) in [6.45, 7) is 2.75. The van der Waals surface area contributed by atoms with E-state index in [0.29, 0.717) is 36.4 Å². The molecule has 3 heterocycles. The number of halogens is 3. The minimum atomic E-state index is -4.67. The Kier molecular flexibility index (Phi) is 5.02. The lowest BCUT2D eigenvalue weighted by Crippen LogP contribution is -2.39. The normalized spacial score (nSPS) is 18.6. The van der Waals surface area contributed by atoms with Crippen LogP contribution in [0.1, 0.15) is 59.3 Å². The molecular formula is C14H16F3N5O2S. The maximum absolute atomic E-state index is 12.7. The highest BCUT2D eigenvalue weighted by atomic mass is 32.1. The number of aryl methyl sites for hydroxylation is 1. The van der Waals surface area contributed by atoms with Crippen LogP contribution in [-0.2, 0) is 12.6 Å². The molecule has 1 aliphatic heterocycles. The molecule has 136 valence electrons. The standard InChI is InChI=1S/C14H16F3N5O2S/c1-2-4-9-10(25-21-18-9)12(23)22-6-3-5-8(7-22)11-19-20-13(24-11)14(15,16)17/h8H,2-7H2,1H3. The quantitative estimate of drug-likeness (QED) is 0.817. The zero-order chi connectivity index (χ0) is 18.0. The van der Waals surface area contributed by atoms with E-state index in [-0.39, 0.29) is 18.3 Å². The summed E-state index contributed by atoms with van der Waals surface area (Å²) in [6, 6.07) is 0. The Labute approximate surface area is 145 Å². The van der Waals surface area contributed by atoms with Crippen molar-refractivity contribution in [3.8, 4) is 0 Å². The molecule has 2 aromatic heterocycles. The van der Waals surface area contributed by atoms with Crippen molar-refractivity contribution in [1.29, 1.82) is 0 Å². The van der Waals surface area contributed by atoms with Crippen molar-refractivity contribution in [2.45, 2.75) is 44.7 Å². The highest BCUT2D eigenvalue weighted by Gasteiger charge is 2.39. The van der Waals surface area contributed by atoms with Gasteiger partial charge in [0.25, 0.3) is 5.91 Å². The molecule has 1 saturated heterocycles. The number of likely N-dealkylation sites (tertiary alicyclic amines) is 1. The number of amides is 1. The van der Waals surface area contributed by atoms with Gasteiger partial charge in [0, 0.05) is 13.1 Å². The highest BCUT2D eigenvalue weighted by Crippen LogP contribution is 2.32. The van der Waals surface area contributed by atoms with Gasteiger partial charge in [-0.3, -0.25) is 4.79 Å². The molecule has 0 aliphatic carbocycles. The molecule has 11 heteroatoms. The van der Waals surface area contributed by atoms with Crippen molar-refractivity contribution in [2.24, 2.45) is 0 Å². The number of nitrogens with zero attached hydrogens (tertiary/aromatic N) is 5. The number of carbonyl (C=O) groups is 1. The van der Waals surface area contributed by atoms with Crippen LogP contribution in [0.25, 0.3) is 0 Å². The van der Waals surface area contributed by atoms with Gasteiger partial charge in [0.2, 0.25) is 5.89 Å². The Bertz CT molecular complexity index is 745. The molecule has 1 atom stereocenters. The molecule has 0 saturated carbocycles. The van der Waals surface area contributed by atoms with Gasteiger partial charge in [0.05, 0.1) is 11.6 Å². The molecule has 1 unspecified atom stereocenters. The van der Waals surface area contributed by atoms with Crippen molar-refractivity contribution < 1.29 is 22.4 Å². The lowest BCUT2D eigenvalue weighted by molar-refractivity contribution is -0.157. The maximum Gasteiger partial charge on any atom is 0.470 e. The van der Waals surface area contributed by atoms with Gasteiger partial charge >= 0.3 is 12.1 Å². The van der Waals surface area contributed by atoms with Crippen LogP contribution in [0.4, 0.5) is 13.2 Å². The molecule has 7 nitrogen and oxygen atoms in total. The Morgan fingerprint density at radius 1 is 1.36 bits per heavy atom. The van der Waals surface area contributed by atoms with Crippen LogP contribution in [0.2, 0.25) is 0 Å². The number of carbonyl (C=O) groups excluding carboxylic acids is 1. The van der Waals surface area contributed by atoms with Gasteiger partial charge < -0.3 is 9.32 Å². The number of rotatable bonds is 4. The molecule has 1 aliphatic rings. The predicted octanol–water partition coefficient (Wildman–Crippen LogP) is 2.91. The molecule has 0 bridgehead atoms. The van der Waals surface area contributed by atoms with Crippen molar-refractivity contribution >= 4 is 17.4 Å². The Hall–Kier alpha value is -2.04. The van der Waals surface area contributed by atoms with E-state index in [9.17, 15) is 18.0 Å². The van der Waals surface area contributed by atoms with Crippen molar-refractivity contribution in [1.82, 2.24) is 24.7 Å². The summed E-state index contributed by atoms with van der Waals surface area (Å²) in [6.07, 6.45) is -1.93. The molecule has 1 fully saturated rings. The number of alkyl halides is 3. The molecule has 0 spiro atoms. The van der Waals surface area contributed by atoms with E-state index in [1.807, 2.05) is 6.92 Å². The summed E-state index contributed by atoms with van der Waals surface area (Å²) in [5.41, 5.74) is 0.664. The van der Waals surface area contributed by atoms with Crippen LogP contribution >= 0.6 is 11.5 Å². The van der Waals surface area contributed by atoms with E-state index in [2.05, 4.69) is 19.8 Å². The summed E-state index contributed by atoms with van der Waals surface area (Å²) in [4.78, 5) is 14.8. The lowest BCUT2D eigenvalue weighted by Gasteiger charge is -2.30. The molecule has 25 heavy (non-hydrogen) atoms. The summed E-state index contributed by atoms with van der Waals surface area (Å²) < 4.78 is 46.4. The number of piperidine rings is 1. The molecule has 3 rings (SSSR count). The van der Waals surface area contributed by atoms with Crippen molar-refractivity contribution in [3.63, 3.8) is 0 Å². The van der Waals surface area contributed by atoms with Crippen molar-refractivity contribution in [2.75, 3.05) is 13.1 Å². The average molecular weight is 375 g/mol. The second kappa shape index (κ2) is 7.06. The van der Waals surface area contributed by atoms with Crippen LogP contribution in [0, 0.1) is 0 Å². The van der Waals surface area contributed by atoms with Crippen LogP contribution in [0.3, 0.4) is 0 Å². The minimum absolute atomic E-state index is 0.0824. The van der Waals surface area contributed by atoms with Crippen LogP contribution in [0.5, 0.6) is 0 Å². The topological polar surface area (TPSA) is 85.0 Å². The molecule has 0 N–H and O–H groups in total. The van der Waals surface area contributed by atoms with E-state index >= 15 is 0 Å². The monoisotopic (exact) mass is 375 g/mol. The molecule has 0 aromatic carbocycles. The van der Waals surface area contributed by atoms with Gasteiger partial charge in [0.1, 0.15) is 4.88 Å². The second-order valence-corrected chi connectivity index (χ2v) is 6.59. The van der Waals surface area contributed by atoms with E-state index in [1.165, 1.54) is 0 Å². The van der Waals surface area contributed by atoms with Gasteiger partial charge in [-0.1, -0.05) is 17.8 Å². The Morgan fingerprint density at radius 3 is 2.84 bits per heavy atom. The summed E-state index contributed by atoms with van der Waals surface area (Å²) in [5.74, 6) is -2.04. The molecule has 1 amide bonds. The predicted molar refractivity (Wildman–Crippen MR) is 81.1 cm³/mol. The van der Waals surface area contributed by atoms with Gasteiger partial charge in [-0.25, -0.2) is 0 Å². The second-order valence-electron chi connectivity index (χ2n) is 5.83. The van der Waals surface area contributed by atoms with Gasteiger partial charge in [0.15, 0.2) is 0 Å². The number of hydrogen-bond acceptors (Lipinski definition) is 7.